The fourth-order valence-corrected chi connectivity index (χ4v) is 3.31. The van der Waals surface area contributed by atoms with Crippen LogP contribution in [0.3, 0.4) is 0 Å². The van der Waals surface area contributed by atoms with Gasteiger partial charge < -0.3 is 15.1 Å². The summed E-state index contributed by atoms with van der Waals surface area (Å²) >= 11 is 7.53. The number of nitrogens with zero attached hydrogens (tertiary/aromatic N) is 1. The number of halogens is 1. The Bertz CT molecular complexity index is 964. The average molecular weight is 390 g/mol. The second kappa shape index (κ2) is 7.72. The van der Waals surface area contributed by atoms with Crippen LogP contribution < -0.4 is 10.6 Å². The molecule has 0 saturated carbocycles. The van der Waals surface area contributed by atoms with E-state index in [0.29, 0.717) is 27.9 Å². The molecule has 134 valence electrons. The summed E-state index contributed by atoms with van der Waals surface area (Å²) in [4.78, 5) is 27.7. The lowest BCUT2D eigenvalue weighted by Gasteiger charge is -2.08. The summed E-state index contributed by atoms with van der Waals surface area (Å²) < 4.78 is 5.54. The van der Waals surface area contributed by atoms with Crippen LogP contribution in [0.25, 0.3) is 10.8 Å². The van der Waals surface area contributed by atoms with Gasteiger partial charge in [-0.3, -0.25) is 9.59 Å². The van der Waals surface area contributed by atoms with Gasteiger partial charge in [0.05, 0.1) is 22.8 Å². The Labute approximate surface area is 159 Å². The molecule has 3 aromatic rings. The number of amides is 2. The Morgan fingerprint density at radius 3 is 2.69 bits per heavy atom. The Balaban J connectivity index is 1.63. The normalized spacial score (nSPS) is 10.6. The molecule has 0 aliphatic carbocycles. The molecule has 0 fully saturated rings. The van der Waals surface area contributed by atoms with E-state index in [9.17, 15) is 9.59 Å². The van der Waals surface area contributed by atoms with E-state index >= 15 is 0 Å². The van der Waals surface area contributed by atoms with Crippen LogP contribution in [0.2, 0.25) is 5.02 Å². The predicted octanol–water partition coefficient (Wildman–Crippen LogP) is 4.50. The van der Waals surface area contributed by atoms with Crippen molar-refractivity contribution in [3.63, 3.8) is 0 Å². The van der Waals surface area contributed by atoms with Gasteiger partial charge in [0.2, 0.25) is 11.8 Å². The average Bonchev–Trinajstić information content (AvgIpc) is 3.18. The molecule has 0 spiro atoms. The van der Waals surface area contributed by atoms with E-state index in [4.69, 9.17) is 16.0 Å². The van der Waals surface area contributed by atoms with Gasteiger partial charge in [-0.1, -0.05) is 11.6 Å². The van der Waals surface area contributed by atoms with Crippen molar-refractivity contribution in [2.75, 3.05) is 10.6 Å². The number of carbonyl (C=O) groups is 2. The smallest absolute Gasteiger partial charge is 0.230 e. The number of anilines is 2. The predicted molar refractivity (Wildman–Crippen MR) is 103 cm³/mol. The molecular weight excluding hydrogens is 374 g/mol. The summed E-state index contributed by atoms with van der Waals surface area (Å²) in [5.74, 6) is 1.09. The molecule has 0 aliphatic rings. The Hall–Kier alpha value is -2.64. The summed E-state index contributed by atoms with van der Waals surface area (Å²) in [6.07, 6.45) is 0.140. The highest BCUT2D eigenvalue weighted by Crippen LogP contribution is 2.27. The van der Waals surface area contributed by atoms with Crippen LogP contribution in [-0.2, 0) is 16.0 Å². The second-order valence-electron chi connectivity index (χ2n) is 5.66. The number of aromatic nitrogens is 1. The number of benzene rings is 1. The van der Waals surface area contributed by atoms with Crippen molar-refractivity contribution >= 4 is 46.1 Å². The van der Waals surface area contributed by atoms with Crippen molar-refractivity contribution in [1.82, 2.24) is 4.98 Å². The monoisotopic (exact) mass is 389 g/mol. The highest BCUT2D eigenvalue weighted by molar-refractivity contribution is 7.13. The van der Waals surface area contributed by atoms with Crippen molar-refractivity contribution < 1.29 is 14.0 Å². The van der Waals surface area contributed by atoms with E-state index < -0.39 is 0 Å². The first-order chi connectivity index (χ1) is 12.4. The van der Waals surface area contributed by atoms with Gasteiger partial charge in [-0.05, 0) is 37.3 Å². The van der Waals surface area contributed by atoms with Gasteiger partial charge in [0.25, 0.3) is 0 Å². The molecular formula is C18H16ClN3O3S. The Kier molecular flexibility index (Phi) is 5.39. The first-order valence-electron chi connectivity index (χ1n) is 7.79. The molecule has 0 atom stereocenters. The summed E-state index contributed by atoms with van der Waals surface area (Å²) in [6.45, 7) is 3.27. The molecule has 0 saturated heterocycles. The quantitative estimate of drug-likeness (QED) is 0.672. The van der Waals surface area contributed by atoms with Gasteiger partial charge in [-0.2, -0.15) is 0 Å². The Morgan fingerprint density at radius 1 is 1.23 bits per heavy atom. The summed E-state index contributed by atoms with van der Waals surface area (Å²) in [7, 11) is 0. The zero-order valence-corrected chi connectivity index (χ0v) is 15.7. The third-order valence-electron chi connectivity index (χ3n) is 3.41. The van der Waals surface area contributed by atoms with Crippen molar-refractivity contribution in [1.29, 1.82) is 0 Å². The third kappa shape index (κ3) is 4.50. The lowest BCUT2D eigenvalue weighted by molar-refractivity contribution is -0.116. The molecule has 0 aliphatic heterocycles. The van der Waals surface area contributed by atoms with E-state index in [0.717, 1.165) is 10.8 Å². The van der Waals surface area contributed by atoms with Gasteiger partial charge in [0.1, 0.15) is 5.76 Å². The minimum absolute atomic E-state index is 0.140. The Morgan fingerprint density at radius 2 is 2.04 bits per heavy atom. The maximum absolute atomic E-state index is 12.2. The molecule has 2 amide bonds. The highest BCUT2D eigenvalue weighted by atomic mass is 35.5. The topological polar surface area (TPSA) is 84.2 Å². The fourth-order valence-electron chi connectivity index (χ4n) is 2.30. The van der Waals surface area contributed by atoms with E-state index in [1.807, 2.05) is 24.4 Å². The van der Waals surface area contributed by atoms with Crippen LogP contribution >= 0.6 is 22.9 Å². The molecule has 2 aromatic heterocycles. The van der Waals surface area contributed by atoms with Crippen molar-refractivity contribution in [2.24, 2.45) is 0 Å². The molecule has 3 rings (SSSR count). The van der Waals surface area contributed by atoms with Gasteiger partial charge in [0.15, 0.2) is 10.8 Å². The SMILES string of the molecule is CC(=O)Nc1ccc(NC(=O)Cc2csc(-c3ccc(C)o3)n2)cc1Cl. The molecule has 2 heterocycles. The molecule has 0 unspecified atom stereocenters. The van der Waals surface area contributed by atoms with E-state index in [1.165, 1.54) is 18.3 Å². The number of aryl methyl sites for hydroxylation is 1. The van der Waals surface area contributed by atoms with Crippen LogP contribution in [-0.4, -0.2) is 16.8 Å². The lowest BCUT2D eigenvalue weighted by Crippen LogP contribution is -2.14. The maximum Gasteiger partial charge on any atom is 0.230 e. The number of thiazole rings is 1. The van der Waals surface area contributed by atoms with E-state index in [1.54, 1.807) is 18.2 Å². The molecule has 0 radical (unpaired) electrons. The minimum atomic E-state index is -0.213. The van der Waals surface area contributed by atoms with Gasteiger partial charge in [-0.15, -0.1) is 11.3 Å². The molecule has 0 bridgehead atoms. The number of nitrogens with one attached hydrogen (secondary N) is 2. The maximum atomic E-state index is 12.2. The van der Waals surface area contributed by atoms with Gasteiger partial charge in [-0.25, -0.2) is 4.98 Å². The molecule has 1 aromatic carbocycles. The number of hydrogen-bond donors (Lipinski definition) is 2. The van der Waals surface area contributed by atoms with Crippen molar-refractivity contribution in [2.45, 2.75) is 20.3 Å². The zero-order valence-electron chi connectivity index (χ0n) is 14.1. The summed E-state index contributed by atoms with van der Waals surface area (Å²) in [5.41, 5.74) is 1.71. The van der Waals surface area contributed by atoms with Crippen LogP contribution in [0.5, 0.6) is 0 Å². The molecule has 8 heteroatoms. The first kappa shape index (κ1) is 18.2. The molecule has 6 nitrogen and oxygen atoms in total. The number of hydrogen-bond acceptors (Lipinski definition) is 5. The summed E-state index contributed by atoms with van der Waals surface area (Å²) in [5, 5.41) is 8.30. The molecule has 26 heavy (non-hydrogen) atoms. The van der Waals surface area contributed by atoms with Crippen molar-refractivity contribution in [3.8, 4) is 10.8 Å². The largest absolute Gasteiger partial charge is 0.459 e. The first-order valence-corrected chi connectivity index (χ1v) is 9.04. The lowest BCUT2D eigenvalue weighted by atomic mass is 10.2. The minimum Gasteiger partial charge on any atom is -0.459 e. The third-order valence-corrected chi connectivity index (χ3v) is 4.63. The highest BCUT2D eigenvalue weighted by Gasteiger charge is 2.12. The van der Waals surface area contributed by atoms with Gasteiger partial charge in [0, 0.05) is 18.0 Å². The number of carbonyl (C=O) groups excluding carboxylic acids is 2. The van der Waals surface area contributed by atoms with E-state index in [-0.39, 0.29) is 18.2 Å². The zero-order chi connectivity index (χ0) is 18.7. The fraction of sp³-hybridized carbons (Fsp3) is 0.167. The van der Waals surface area contributed by atoms with Gasteiger partial charge >= 0.3 is 0 Å². The number of furan rings is 1. The number of rotatable bonds is 5. The second-order valence-corrected chi connectivity index (χ2v) is 6.92. The van der Waals surface area contributed by atoms with Crippen LogP contribution in [0, 0.1) is 6.92 Å². The van der Waals surface area contributed by atoms with E-state index in [2.05, 4.69) is 15.6 Å². The van der Waals surface area contributed by atoms with Crippen molar-refractivity contribution in [3.05, 3.63) is 52.2 Å². The van der Waals surface area contributed by atoms with Crippen LogP contribution in [0.1, 0.15) is 18.4 Å². The summed E-state index contributed by atoms with van der Waals surface area (Å²) in [6, 6.07) is 8.63. The molecule has 2 N–H and O–H groups in total. The van der Waals surface area contributed by atoms with Crippen LogP contribution in [0.15, 0.2) is 40.1 Å². The van der Waals surface area contributed by atoms with Crippen LogP contribution in [0.4, 0.5) is 11.4 Å². The standard InChI is InChI=1S/C18H16ClN3O3S/c1-10-3-6-16(25-10)18-22-13(9-26-18)8-17(24)21-12-4-5-15(14(19)7-12)20-11(2)23/h3-7,9H,8H2,1-2H3,(H,20,23)(H,21,24).